The number of hydrogen-bond acceptors (Lipinski definition) is 8. The fraction of sp³-hybridized carbons (Fsp3) is 0.286. The van der Waals surface area contributed by atoms with E-state index in [2.05, 4.69) is 15.5 Å². The highest BCUT2D eigenvalue weighted by Gasteiger charge is 2.19. The molecule has 0 saturated carbocycles. The number of anilines is 1. The largest absolute Gasteiger partial charge is 0.496 e. The Morgan fingerprint density at radius 1 is 1.22 bits per heavy atom. The molecule has 3 aromatic rings. The lowest BCUT2D eigenvalue weighted by molar-refractivity contribution is -0.384. The van der Waals surface area contributed by atoms with Crippen molar-refractivity contribution in [2.24, 2.45) is 0 Å². The molecule has 0 atom stereocenters. The van der Waals surface area contributed by atoms with Crippen LogP contribution >= 0.6 is 11.8 Å². The van der Waals surface area contributed by atoms with Gasteiger partial charge in [0, 0.05) is 12.7 Å². The van der Waals surface area contributed by atoms with Crippen molar-refractivity contribution in [2.75, 3.05) is 31.9 Å². The lowest BCUT2D eigenvalue weighted by atomic mass is 10.1. The zero-order chi connectivity index (χ0) is 23.1. The summed E-state index contributed by atoms with van der Waals surface area (Å²) in [6.07, 6.45) is 0. The second kappa shape index (κ2) is 10.7. The van der Waals surface area contributed by atoms with Gasteiger partial charge in [-0.1, -0.05) is 35.5 Å². The van der Waals surface area contributed by atoms with E-state index < -0.39 is 10.8 Å². The van der Waals surface area contributed by atoms with E-state index in [4.69, 9.17) is 9.47 Å². The van der Waals surface area contributed by atoms with Gasteiger partial charge in [0.2, 0.25) is 5.91 Å². The van der Waals surface area contributed by atoms with Gasteiger partial charge in [0.25, 0.3) is 5.69 Å². The van der Waals surface area contributed by atoms with Crippen molar-refractivity contribution in [2.45, 2.75) is 18.6 Å². The second-order valence-corrected chi connectivity index (χ2v) is 7.74. The lowest BCUT2D eigenvalue weighted by Gasteiger charge is -2.10. The van der Waals surface area contributed by atoms with Gasteiger partial charge in [0.05, 0.1) is 37.0 Å². The summed E-state index contributed by atoms with van der Waals surface area (Å²) in [5.41, 5.74) is 1.87. The van der Waals surface area contributed by atoms with Crippen LogP contribution in [0.15, 0.2) is 47.6 Å². The smallest absolute Gasteiger partial charge is 0.296 e. The fourth-order valence-corrected chi connectivity index (χ4v) is 3.75. The van der Waals surface area contributed by atoms with E-state index in [0.717, 1.165) is 11.1 Å². The average Bonchev–Trinajstić information content (AvgIpc) is 3.19. The number of amides is 1. The summed E-state index contributed by atoms with van der Waals surface area (Å²) in [4.78, 5) is 23.2. The molecule has 11 heteroatoms. The van der Waals surface area contributed by atoms with Crippen LogP contribution in [0.25, 0.3) is 11.4 Å². The molecule has 0 aliphatic heterocycles. The molecule has 1 N–H and O–H groups in total. The summed E-state index contributed by atoms with van der Waals surface area (Å²) in [6, 6.07) is 12.2. The monoisotopic (exact) mass is 457 g/mol. The predicted octanol–water partition coefficient (Wildman–Crippen LogP) is 3.55. The molecule has 1 aromatic heterocycles. The number of nitrogens with zero attached hydrogens (tertiary/aromatic N) is 4. The first-order valence-corrected chi connectivity index (χ1v) is 10.7. The van der Waals surface area contributed by atoms with Crippen LogP contribution in [0.1, 0.15) is 5.56 Å². The van der Waals surface area contributed by atoms with Gasteiger partial charge in [-0.25, -0.2) is 0 Å². The minimum absolute atomic E-state index is 0.00210. The maximum Gasteiger partial charge on any atom is 0.296 e. The third-order valence-electron chi connectivity index (χ3n) is 4.52. The molecule has 32 heavy (non-hydrogen) atoms. The Labute approximate surface area is 189 Å². The number of rotatable bonds is 10. The number of methoxy groups -OCH3 is 2. The van der Waals surface area contributed by atoms with Gasteiger partial charge in [-0.3, -0.25) is 19.5 Å². The number of aromatic nitrogens is 3. The van der Waals surface area contributed by atoms with E-state index >= 15 is 0 Å². The van der Waals surface area contributed by atoms with E-state index in [1.165, 1.54) is 31.0 Å². The van der Waals surface area contributed by atoms with E-state index in [1.54, 1.807) is 13.2 Å². The lowest BCUT2D eigenvalue weighted by Crippen LogP contribution is -2.16. The minimum atomic E-state index is -0.569. The molecule has 0 radical (unpaired) electrons. The summed E-state index contributed by atoms with van der Waals surface area (Å²) < 4.78 is 12.1. The van der Waals surface area contributed by atoms with Crippen molar-refractivity contribution >= 4 is 29.0 Å². The topological polar surface area (TPSA) is 121 Å². The fourth-order valence-electron chi connectivity index (χ4n) is 2.99. The first kappa shape index (κ1) is 23.2. The molecule has 0 fully saturated rings. The van der Waals surface area contributed by atoms with E-state index in [-0.39, 0.29) is 17.1 Å². The zero-order valence-electron chi connectivity index (χ0n) is 17.9. The Hall–Kier alpha value is -3.44. The molecule has 0 aliphatic rings. The normalized spacial score (nSPS) is 10.7. The molecule has 0 bridgehead atoms. The highest BCUT2D eigenvalue weighted by Crippen LogP contribution is 2.30. The van der Waals surface area contributed by atoms with Gasteiger partial charge < -0.3 is 14.8 Å². The third kappa shape index (κ3) is 5.62. The molecular weight excluding hydrogens is 434 g/mol. The third-order valence-corrected chi connectivity index (χ3v) is 5.49. The number of nitro groups is 1. The van der Waals surface area contributed by atoms with Gasteiger partial charge in [-0.15, -0.1) is 10.2 Å². The number of ether oxygens (including phenoxy) is 2. The Morgan fingerprint density at radius 2 is 2.03 bits per heavy atom. The van der Waals surface area contributed by atoms with Gasteiger partial charge >= 0.3 is 0 Å². The molecule has 3 rings (SSSR count). The zero-order valence-corrected chi connectivity index (χ0v) is 18.7. The van der Waals surface area contributed by atoms with E-state index in [9.17, 15) is 14.9 Å². The molecular formula is C21H23N5O5S. The van der Waals surface area contributed by atoms with Crippen LogP contribution in [-0.4, -0.2) is 52.2 Å². The standard InChI is InChI=1S/C21H23N5O5S/c1-14-5-4-6-15(11-14)20-23-24-21(25(20)9-10-30-2)32-13-19(27)22-17-8-7-16(31-3)12-18(17)26(28)29/h4-8,11-12H,9-10,13H2,1-3H3,(H,22,27). The van der Waals surface area contributed by atoms with Crippen molar-refractivity contribution in [3.05, 3.63) is 58.1 Å². The van der Waals surface area contributed by atoms with E-state index in [0.29, 0.717) is 29.9 Å². The van der Waals surface area contributed by atoms with Gasteiger partial charge in [-0.05, 0) is 25.1 Å². The maximum atomic E-state index is 12.5. The van der Waals surface area contributed by atoms with Crippen molar-refractivity contribution in [3.8, 4) is 17.1 Å². The second-order valence-electron chi connectivity index (χ2n) is 6.80. The van der Waals surface area contributed by atoms with Gasteiger partial charge in [0.15, 0.2) is 11.0 Å². The number of carbonyl (C=O) groups excluding carboxylic acids is 1. The molecule has 2 aromatic carbocycles. The maximum absolute atomic E-state index is 12.5. The number of benzene rings is 2. The SMILES string of the molecule is COCCn1c(SCC(=O)Nc2ccc(OC)cc2[N+](=O)[O-])nnc1-c1cccc(C)c1. The number of nitro benzene ring substituents is 1. The van der Waals surface area contributed by atoms with Crippen LogP contribution in [0.3, 0.4) is 0 Å². The molecule has 168 valence electrons. The predicted molar refractivity (Wildman–Crippen MR) is 121 cm³/mol. The minimum Gasteiger partial charge on any atom is -0.496 e. The van der Waals surface area contributed by atoms with Crippen molar-refractivity contribution < 1.29 is 19.2 Å². The molecule has 0 spiro atoms. The number of aryl methyl sites for hydroxylation is 1. The van der Waals surface area contributed by atoms with Crippen LogP contribution in [0.5, 0.6) is 5.75 Å². The molecule has 0 saturated heterocycles. The number of thioether (sulfide) groups is 1. The van der Waals surface area contributed by atoms with Crippen molar-refractivity contribution in [3.63, 3.8) is 0 Å². The van der Waals surface area contributed by atoms with Crippen LogP contribution in [0.2, 0.25) is 0 Å². The Balaban J connectivity index is 1.75. The van der Waals surface area contributed by atoms with Crippen LogP contribution in [0.4, 0.5) is 11.4 Å². The first-order chi connectivity index (χ1) is 15.4. The van der Waals surface area contributed by atoms with Crippen LogP contribution in [0, 0.1) is 17.0 Å². The molecule has 1 amide bonds. The van der Waals surface area contributed by atoms with Crippen LogP contribution in [-0.2, 0) is 16.1 Å². The Morgan fingerprint density at radius 3 is 2.72 bits per heavy atom. The van der Waals surface area contributed by atoms with Gasteiger partial charge in [0.1, 0.15) is 11.4 Å². The highest BCUT2D eigenvalue weighted by molar-refractivity contribution is 7.99. The first-order valence-electron chi connectivity index (χ1n) is 9.67. The Kier molecular flexibility index (Phi) is 7.79. The van der Waals surface area contributed by atoms with E-state index in [1.807, 2.05) is 35.8 Å². The summed E-state index contributed by atoms with van der Waals surface area (Å²) in [7, 11) is 3.03. The molecule has 1 heterocycles. The quantitative estimate of drug-likeness (QED) is 0.279. The molecule has 0 aliphatic carbocycles. The molecule has 0 unspecified atom stereocenters. The highest BCUT2D eigenvalue weighted by atomic mass is 32.2. The summed E-state index contributed by atoms with van der Waals surface area (Å²) in [6.45, 7) is 2.97. The summed E-state index contributed by atoms with van der Waals surface area (Å²) >= 11 is 1.19. The number of nitrogens with one attached hydrogen (secondary N) is 1. The van der Waals surface area contributed by atoms with Crippen LogP contribution < -0.4 is 10.1 Å². The van der Waals surface area contributed by atoms with Crippen molar-refractivity contribution in [1.29, 1.82) is 0 Å². The summed E-state index contributed by atoms with van der Waals surface area (Å²) in [5.74, 6) is 0.613. The van der Waals surface area contributed by atoms with Crippen molar-refractivity contribution in [1.82, 2.24) is 14.8 Å². The molecule has 10 nitrogen and oxygen atoms in total. The number of carbonyl (C=O) groups is 1. The van der Waals surface area contributed by atoms with Gasteiger partial charge in [-0.2, -0.15) is 0 Å². The Bertz CT molecular complexity index is 1120. The average molecular weight is 458 g/mol. The summed E-state index contributed by atoms with van der Waals surface area (Å²) in [5, 5.41) is 23.0. The number of hydrogen-bond donors (Lipinski definition) is 1.